The van der Waals surface area contributed by atoms with E-state index in [1.807, 2.05) is 71.6 Å². The first-order chi connectivity index (χ1) is 33.5. The van der Waals surface area contributed by atoms with Gasteiger partial charge < -0.3 is 4.90 Å². The molecule has 12 rings (SSSR count). The fourth-order valence-corrected chi connectivity index (χ4v) is 9.79. The molecule has 1 nitrogen and oxygen atoms in total. The van der Waals surface area contributed by atoms with E-state index in [-0.39, 0.29) is 17.9 Å². The van der Waals surface area contributed by atoms with Crippen LogP contribution < -0.4 is 4.90 Å². The molecule has 0 aliphatic carbocycles. The van der Waals surface area contributed by atoms with Crippen LogP contribution in [0, 0.1) is 5.82 Å². The van der Waals surface area contributed by atoms with Gasteiger partial charge in [-0.2, -0.15) is 0 Å². The molecule has 0 fully saturated rings. The summed E-state index contributed by atoms with van der Waals surface area (Å²) in [5.41, 5.74) is 11.1. The Labute approximate surface area is 386 Å². The van der Waals surface area contributed by atoms with Gasteiger partial charge in [0.1, 0.15) is 5.82 Å². The minimum Gasteiger partial charge on any atom is -0.311 e. The maximum absolute atomic E-state index is 13.9. The smallest absolute Gasteiger partial charge is 0.123 e. The van der Waals surface area contributed by atoms with Crippen LogP contribution in [0.4, 0.5) is 21.5 Å². The summed E-state index contributed by atoms with van der Waals surface area (Å²) in [6, 6.07) is 83.2. The molecule has 0 aromatic heterocycles. The SMILES string of the molecule is [2H]/C(=C(/[2H])c1ccc2cc(-c3c4ccccc4c(-c4ccc(-c5ccc6ccccc6c5)c5ccccc45)c4ccccc34)ccc2c1)c1ccc(N(c2ccccc2)c2ccc(F)cc2)cc1. The number of fused-ring (bicyclic) bond motifs is 5. The average molecular weight is 846 g/mol. The van der Waals surface area contributed by atoms with Crippen LogP contribution in [0.2, 0.25) is 0 Å². The van der Waals surface area contributed by atoms with E-state index in [1.54, 1.807) is 12.1 Å². The molecule has 66 heavy (non-hydrogen) atoms. The van der Waals surface area contributed by atoms with E-state index < -0.39 is 0 Å². The van der Waals surface area contributed by atoms with Gasteiger partial charge in [-0.25, -0.2) is 4.39 Å². The van der Waals surface area contributed by atoms with Crippen molar-refractivity contribution in [3.63, 3.8) is 0 Å². The van der Waals surface area contributed by atoms with Crippen LogP contribution in [0.25, 0.3) is 99.3 Å². The van der Waals surface area contributed by atoms with E-state index in [1.165, 1.54) is 83.0 Å². The van der Waals surface area contributed by atoms with E-state index in [9.17, 15) is 5.76 Å². The quantitative estimate of drug-likeness (QED) is 0.109. The average Bonchev–Trinajstić information content (AvgIpc) is 3.40. The Morgan fingerprint density at radius 3 is 1.45 bits per heavy atom. The number of halogens is 1. The van der Waals surface area contributed by atoms with Gasteiger partial charge in [0.25, 0.3) is 0 Å². The highest BCUT2D eigenvalue weighted by molar-refractivity contribution is 6.24. The fourth-order valence-electron chi connectivity index (χ4n) is 9.79. The third-order valence-corrected chi connectivity index (χ3v) is 12.9. The third kappa shape index (κ3) is 7.06. The Kier molecular flexibility index (Phi) is 9.22. The van der Waals surface area contributed by atoms with E-state index in [2.05, 4.69) is 152 Å². The number of hydrogen-bond acceptors (Lipinski definition) is 1. The van der Waals surface area contributed by atoms with Crippen molar-refractivity contribution in [1.29, 1.82) is 0 Å². The summed E-state index contributed by atoms with van der Waals surface area (Å²) < 4.78 is 32.2. The maximum Gasteiger partial charge on any atom is 0.123 e. The summed E-state index contributed by atoms with van der Waals surface area (Å²) in [5.74, 6) is -0.296. The molecule has 0 amide bonds. The highest BCUT2D eigenvalue weighted by Crippen LogP contribution is 2.47. The van der Waals surface area contributed by atoms with E-state index in [4.69, 9.17) is 1.37 Å². The lowest BCUT2D eigenvalue weighted by Crippen LogP contribution is -2.09. The summed E-state index contributed by atoms with van der Waals surface area (Å²) in [7, 11) is 0. The van der Waals surface area contributed by atoms with Crippen LogP contribution in [0.15, 0.2) is 243 Å². The van der Waals surface area contributed by atoms with Crippen LogP contribution in [-0.2, 0) is 0 Å². The minimum absolute atomic E-state index is 0.134. The number of hydrogen-bond donors (Lipinski definition) is 0. The Morgan fingerprint density at radius 1 is 0.318 bits per heavy atom. The summed E-state index contributed by atoms with van der Waals surface area (Å²) in [4.78, 5) is 2.04. The van der Waals surface area contributed by atoms with Gasteiger partial charge in [-0.3, -0.25) is 0 Å². The van der Waals surface area contributed by atoms with Crippen LogP contribution in [0.5, 0.6) is 0 Å². The molecule has 12 aromatic carbocycles. The molecule has 0 radical (unpaired) electrons. The molecular weight excluding hydrogens is 802 g/mol. The zero-order valence-corrected chi connectivity index (χ0v) is 35.9. The van der Waals surface area contributed by atoms with Crippen molar-refractivity contribution in [2.24, 2.45) is 0 Å². The molecule has 310 valence electrons. The van der Waals surface area contributed by atoms with Gasteiger partial charge in [0.15, 0.2) is 0 Å². The van der Waals surface area contributed by atoms with Gasteiger partial charge in [0.2, 0.25) is 0 Å². The first-order valence-electron chi connectivity index (χ1n) is 23.3. The summed E-state index contributed by atoms with van der Waals surface area (Å²) >= 11 is 0. The number of nitrogens with zero attached hydrogens (tertiary/aromatic N) is 1. The van der Waals surface area contributed by atoms with Crippen LogP contribution in [-0.4, -0.2) is 0 Å². The first kappa shape index (κ1) is 36.8. The number of anilines is 3. The predicted molar refractivity (Wildman–Crippen MR) is 280 cm³/mol. The predicted octanol–water partition coefficient (Wildman–Crippen LogP) is 18.2. The molecular formula is C64H42FN. The molecule has 0 saturated carbocycles. The molecule has 0 spiro atoms. The standard InChI is InChI=1S/C64H42FN/c65-51-32-36-54(37-33-51)66(52-14-2-1-3-15-52)53-34-25-43(26-35-53)22-23-44-24-27-48-42-50(31-29-47(48)40-44)63-58-18-8-10-20-60(58)64(61-21-11-9-19-59(61)63)62-39-38-55(56-16-6-7-17-57(56)62)49-30-28-45-12-4-5-13-46(45)41-49/h1-42H/b23-22+/i22D,23D. The number of benzene rings is 12. The highest BCUT2D eigenvalue weighted by atomic mass is 19.1. The van der Waals surface area contributed by atoms with Crippen molar-refractivity contribution in [3.8, 4) is 33.4 Å². The second-order valence-electron chi connectivity index (χ2n) is 16.8. The Bertz CT molecular complexity index is 3880. The second-order valence-corrected chi connectivity index (χ2v) is 16.8. The van der Waals surface area contributed by atoms with Crippen molar-refractivity contribution >= 4 is 83.0 Å². The van der Waals surface area contributed by atoms with Crippen molar-refractivity contribution in [3.05, 3.63) is 260 Å². The van der Waals surface area contributed by atoms with E-state index in [0.717, 1.165) is 33.4 Å². The lowest BCUT2D eigenvalue weighted by molar-refractivity contribution is 0.628. The lowest BCUT2D eigenvalue weighted by Gasteiger charge is -2.25. The zero-order valence-electron chi connectivity index (χ0n) is 37.9. The largest absolute Gasteiger partial charge is 0.311 e. The highest BCUT2D eigenvalue weighted by Gasteiger charge is 2.19. The lowest BCUT2D eigenvalue weighted by atomic mass is 9.83. The number of para-hydroxylation sites is 1. The molecule has 0 aliphatic rings. The van der Waals surface area contributed by atoms with Crippen molar-refractivity contribution in [2.75, 3.05) is 4.90 Å². The van der Waals surface area contributed by atoms with Crippen molar-refractivity contribution in [2.45, 2.75) is 0 Å². The zero-order chi connectivity index (χ0) is 45.7. The van der Waals surface area contributed by atoms with Gasteiger partial charge in [-0.1, -0.05) is 188 Å². The molecule has 0 N–H and O–H groups in total. The van der Waals surface area contributed by atoms with Crippen LogP contribution in [0.3, 0.4) is 0 Å². The summed E-state index contributed by atoms with van der Waals surface area (Å²) in [6.07, 6.45) is 0. The molecule has 0 unspecified atom stereocenters. The van der Waals surface area contributed by atoms with Crippen LogP contribution in [0.1, 0.15) is 13.9 Å². The maximum atomic E-state index is 13.9. The van der Waals surface area contributed by atoms with Gasteiger partial charge in [0.05, 0.1) is 2.74 Å². The van der Waals surface area contributed by atoms with Crippen molar-refractivity contribution < 1.29 is 7.13 Å². The normalized spacial score (nSPS) is 12.4. The topological polar surface area (TPSA) is 3.24 Å². The monoisotopic (exact) mass is 845 g/mol. The minimum atomic E-state index is -0.296. The van der Waals surface area contributed by atoms with Gasteiger partial charge in [0, 0.05) is 17.1 Å². The van der Waals surface area contributed by atoms with Gasteiger partial charge in [-0.15, -0.1) is 0 Å². The molecule has 0 heterocycles. The molecule has 0 saturated heterocycles. The Balaban J connectivity index is 0.912. The van der Waals surface area contributed by atoms with E-state index in [0.29, 0.717) is 11.1 Å². The molecule has 2 heteroatoms. The Morgan fingerprint density at radius 2 is 0.758 bits per heavy atom. The molecule has 12 aromatic rings. The molecule has 0 atom stereocenters. The van der Waals surface area contributed by atoms with Gasteiger partial charge >= 0.3 is 0 Å². The third-order valence-electron chi connectivity index (χ3n) is 12.9. The second kappa shape index (κ2) is 16.5. The summed E-state index contributed by atoms with van der Waals surface area (Å²) in [6.45, 7) is 0. The molecule has 0 bridgehead atoms. The summed E-state index contributed by atoms with van der Waals surface area (Å²) in [5, 5.41) is 11.7. The van der Waals surface area contributed by atoms with Crippen LogP contribution >= 0.6 is 0 Å². The van der Waals surface area contributed by atoms with Gasteiger partial charge in [-0.05, 0) is 165 Å². The van der Waals surface area contributed by atoms with E-state index >= 15 is 0 Å². The fraction of sp³-hybridized carbons (Fsp3) is 0. The molecule has 0 aliphatic heterocycles. The number of rotatable bonds is 8. The first-order valence-corrected chi connectivity index (χ1v) is 22.3. The van der Waals surface area contributed by atoms with Crippen molar-refractivity contribution in [1.82, 2.24) is 0 Å². The Hall–Kier alpha value is -8.59.